The van der Waals surface area contributed by atoms with E-state index in [9.17, 15) is 10.0 Å². The average Bonchev–Trinajstić information content (AvgIpc) is 2.92. The lowest BCUT2D eigenvalue weighted by Gasteiger charge is -2.40. The highest BCUT2D eigenvalue weighted by Crippen LogP contribution is 2.42. The van der Waals surface area contributed by atoms with Crippen molar-refractivity contribution in [3.63, 3.8) is 0 Å². The zero-order chi connectivity index (χ0) is 26.4. The molecule has 1 atom stereocenters. The van der Waals surface area contributed by atoms with Gasteiger partial charge in [-0.15, -0.1) is 11.8 Å². The maximum absolute atomic E-state index is 15.7. The van der Waals surface area contributed by atoms with Crippen LogP contribution in [0.2, 0.25) is 10.0 Å². The van der Waals surface area contributed by atoms with Crippen molar-refractivity contribution in [3.8, 4) is 5.75 Å². The van der Waals surface area contributed by atoms with Crippen LogP contribution in [0.15, 0.2) is 53.6 Å². The number of rotatable bonds is 10. The summed E-state index contributed by atoms with van der Waals surface area (Å²) in [6.07, 6.45) is 1.48. The summed E-state index contributed by atoms with van der Waals surface area (Å²) in [5.74, 6) is 0.991. The van der Waals surface area contributed by atoms with Gasteiger partial charge in [0, 0.05) is 34.3 Å². The molecule has 1 aliphatic rings. The lowest BCUT2D eigenvalue weighted by atomic mass is 9.73. The topological polar surface area (TPSA) is 74.7 Å². The summed E-state index contributed by atoms with van der Waals surface area (Å²) in [4.78, 5) is 20.4. The number of amides is 1. The number of pyridine rings is 1. The van der Waals surface area contributed by atoms with Gasteiger partial charge in [0.25, 0.3) is 0 Å². The molecule has 2 heterocycles. The summed E-state index contributed by atoms with van der Waals surface area (Å²) < 4.78 is 21.0. The number of hydroxylamine groups is 1. The Kier molecular flexibility index (Phi) is 9.53. The number of aromatic nitrogens is 1. The first-order valence-electron chi connectivity index (χ1n) is 12.2. The molecule has 1 fully saturated rings. The Labute approximate surface area is 230 Å². The third-order valence-electron chi connectivity index (χ3n) is 7.16. The third kappa shape index (κ3) is 6.49. The minimum Gasteiger partial charge on any atom is -0.497 e. The number of thioether (sulfide) groups is 1. The van der Waals surface area contributed by atoms with Crippen molar-refractivity contribution in [3.05, 3.63) is 64.3 Å². The molecule has 1 amide bonds. The van der Waals surface area contributed by atoms with Crippen molar-refractivity contribution in [1.82, 2.24) is 15.4 Å². The molecule has 0 spiro atoms. The van der Waals surface area contributed by atoms with E-state index in [0.717, 1.165) is 22.2 Å². The molecule has 1 aromatic heterocycles. The minimum absolute atomic E-state index is 0.0891. The van der Waals surface area contributed by atoms with Gasteiger partial charge in [-0.3, -0.25) is 15.0 Å². The number of nitrogens with one attached hydrogen (secondary N) is 1. The van der Waals surface area contributed by atoms with Crippen LogP contribution in [0, 0.1) is 5.41 Å². The quantitative estimate of drug-likeness (QED) is 0.161. The number of hydrogen-bond donors (Lipinski definition) is 2. The Morgan fingerprint density at radius 2 is 2.00 bits per heavy atom. The van der Waals surface area contributed by atoms with Gasteiger partial charge in [0.15, 0.2) is 0 Å². The molecule has 0 aliphatic carbocycles. The normalized spacial score (nSPS) is 16.5. The van der Waals surface area contributed by atoms with E-state index >= 15 is 4.39 Å². The zero-order valence-electron chi connectivity index (χ0n) is 20.6. The number of carbonyl (C=O) groups is 1. The van der Waals surface area contributed by atoms with Crippen LogP contribution in [0.1, 0.15) is 37.4 Å². The van der Waals surface area contributed by atoms with E-state index in [1.165, 1.54) is 6.20 Å². The lowest BCUT2D eigenvalue weighted by molar-refractivity contribution is -0.143. The SMILES string of the molecule is COc1ccc2ncc(Cl)c(C(F)CCC3(C(=O)NO)CCN(CCSc4ccccc4Cl)CC3)c2c1. The summed E-state index contributed by atoms with van der Waals surface area (Å²) in [6.45, 7) is 2.21. The average molecular weight is 567 g/mol. The molecule has 2 aromatic carbocycles. The number of hydrogen-bond acceptors (Lipinski definition) is 6. The molecule has 1 aliphatic heterocycles. The molecule has 0 radical (unpaired) electrons. The standard InChI is InChI=1S/C27H30Cl2FN3O3S/c1-36-18-6-7-23-19(16-18)25(21(29)17-31-23)22(30)8-9-27(26(34)32-35)10-12-33(13-11-27)14-15-37-24-5-3-2-4-20(24)28/h2-7,16-17,22,35H,8-15H2,1H3,(H,32,34). The molecule has 2 N–H and O–H groups in total. The Hall–Kier alpha value is -2.10. The van der Waals surface area contributed by atoms with Crippen LogP contribution < -0.4 is 10.2 Å². The van der Waals surface area contributed by atoms with E-state index in [2.05, 4.69) is 9.88 Å². The molecule has 198 valence electrons. The third-order valence-corrected chi connectivity index (χ3v) is 8.95. The predicted molar refractivity (Wildman–Crippen MR) is 147 cm³/mol. The van der Waals surface area contributed by atoms with Crippen LogP contribution in [0.3, 0.4) is 0 Å². The van der Waals surface area contributed by atoms with Crippen molar-refractivity contribution in [2.24, 2.45) is 5.41 Å². The first-order valence-corrected chi connectivity index (χ1v) is 13.9. The van der Waals surface area contributed by atoms with Crippen LogP contribution >= 0.6 is 35.0 Å². The number of carbonyl (C=O) groups excluding carboxylic acids is 1. The highest BCUT2D eigenvalue weighted by molar-refractivity contribution is 7.99. The molecular weight excluding hydrogens is 536 g/mol. The lowest BCUT2D eigenvalue weighted by Crippen LogP contribution is -2.48. The second-order valence-corrected chi connectivity index (χ2v) is 11.2. The first-order chi connectivity index (χ1) is 17.9. The van der Waals surface area contributed by atoms with Gasteiger partial charge in [-0.05, 0) is 69.1 Å². The number of methoxy groups -OCH3 is 1. The number of alkyl halides is 1. The molecule has 3 aromatic rings. The van der Waals surface area contributed by atoms with Crippen LogP contribution in [0.5, 0.6) is 5.75 Å². The zero-order valence-corrected chi connectivity index (χ0v) is 22.9. The van der Waals surface area contributed by atoms with Gasteiger partial charge < -0.3 is 9.64 Å². The number of piperidine rings is 1. The van der Waals surface area contributed by atoms with Gasteiger partial charge in [0.05, 0.1) is 28.1 Å². The Morgan fingerprint density at radius 3 is 2.70 bits per heavy atom. The largest absolute Gasteiger partial charge is 0.497 e. The molecule has 4 rings (SSSR count). The fourth-order valence-corrected chi connectivity index (χ4v) is 6.44. The Balaban J connectivity index is 1.40. The molecule has 0 saturated carbocycles. The molecule has 1 saturated heterocycles. The van der Waals surface area contributed by atoms with Gasteiger partial charge >= 0.3 is 0 Å². The number of benzene rings is 2. The number of halogens is 3. The summed E-state index contributed by atoms with van der Waals surface area (Å²) in [6, 6.07) is 13.0. The van der Waals surface area contributed by atoms with E-state index in [1.807, 2.05) is 29.7 Å². The van der Waals surface area contributed by atoms with E-state index in [0.29, 0.717) is 48.1 Å². The summed E-state index contributed by atoms with van der Waals surface area (Å²) in [5.41, 5.74) is 1.95. The molecule has 0 bridgehead atoms. The van der Waals surface area contributed by atoms with Crippen LogP contribution in [0.25, 0.3) is 10.9 Å². The maximum Gasteiger partial charge on any atom is 0.249 e. The molecule has 10 heteroatoms. The Morgan fingerprint density at radius 1 is 1.24 bits per heavy atom. The van der Waals surface area contributed by atoms with Gasteiger partial charge in [0.1, 0.15) is 11.9 Å². The summed E-state index contributed by atoms with van der Waals surface area (Å²) >= 11 is 14.3. The summed E-state index contributed by atoms with van der Waals surface area (Å²) in [7, 11) is 1.55. The number of fused-ring (bicyclic) bond motifs is 1. The van der Waals surface area contributed by atoms with Crippen molar-refractivity contribution in [2.45, 2.75) is 36.8 Å². The van der Waals surface area contributed by atoms with Crippen molar-refractivity contribution in [2.75, 3.05) is 32.5 Å². The van der Waals surface area contributed by atoms with Gasteiger partial charge in [-0.1, -0.05) is 35.3 Å². The van der Waals surface area contributed by atoms with E-state index in [-0.39, 0.29) is 17.9 Å². The predicted octanol–water partition coefficient (Wildman–Crippen LogP) is 6.72. The molecule has 6 nitrogen and oxygen atoms in total. The van der Waals surface area contributed by atoms with Crippen LogP contribution in [-0.2, 0) is 4.79 Å². The van der Waals surface area contributed by atoms with E-state index < -0.39 is 17.5 Å². The van der Waals surface area contributed by atoms with Gasteiger partial charge in [-0.25, -0.2) is 9.87 Å². The minimum atomic E-state index is -1.40. The van der Waals surface area contributed by atoms with Gasteiger partial charge in [-0.2, -0.15) is 0 Å². The smallest absolute Gasteiger partial charge is 0.249 e. The first kappa shape index (κ1) is 27.9. The summed E-state index contributed by atoms with van der Waals surface area (Å²) in [5, 5.41) is 11.0. The molecular formula is C27H30Cl2FN3O3S. The number of likely N-dealkylation sites (tertiary alicyclic amines) is 1. The molecule has 1 unspecified atom stereocenters. The van der Waals surface area contributed by atoms with Crippen molar-refractivity contribution < 1.29 is 19.1 Å². The van der Waals surface area contributed by atoms with Gasteiger partial charge in [0.2, 0.25) is 5.91 Å². The van der Waals surface area contributed by atoms with Crippen LogP contribution in [-0.4, -0.2) is 53.5 Å². The fraction of sp³-hybridized carbons (Fsp3) is 0.407. The fourth-order valence-electron chi connectivity index (χ4n) is 4.92. The maximum atomic E-state index is 15.7. The van der Waals surface area contributed by atoms with E-state index in [1.54, 1.807) is 37.1 Å². The van der Waals surface area contributed by atoms with E-state index in [4.69, 9.17) is 27.9 Å². The Bertz CT molecular complexity index is 1240. The second-order valence-electron chi connectivity index (χ2n) is 9.25. The molecule has 37 heavy (non-hydrogen) atoms. The second kappa shape index (κ2) is 12.6. The van der Waals surface area contributed by atoms with Crippen LogP contribution in [0.4, 0.5) is 4.39 Å². The highest BCUT2D eigenvalue weighted by atomic mass is 35.5. The van der Waals surface area contributed by atoms with Crippen molar-refractivity contribution >= 4 is 51.8 Å². The number of ether oxygens (including phenoxy) is 1. The number of nitrogens with zero attached hydrogens (tertiary/aromatic N) is 2. The highest BCUT2D eigenvalue weighted by Gasteiger charge is 2.41. The van der Waals surface area contributed by atoms with Crippen molar-refractivity contribution in [1.29, 1.82) is 0 Å². The monoisotopic (exact) mass is 565 g/mol.